The van der Waals surface area contributed by atoms with Crippen LogP contribution in [0.5, 0.6) is 0 Å². The highest BCUT2D eigenvalue weighted by atomic mass is 32.2. The van der Waals surface area contributed by atoms with Crippen LogP contribution in [0, 0.1) is 5.82 Å². The summed E-state index contributed by atoms with van der Waals surface area (Å²) >= 11 is 1.37. The lowest BCUT2D eigenvalue weighted by Gasteiger charge is -2.24. The number of rotatable bonds is 6. The molecule has 5 nitrogen and oxygen atoms in total. The van der Waals surface area contributed by atoms with Gasteiger partial charge in [0.1, 0.15) is 17.7 Å². The molecule has 126 valence electrons. The number of halogens is 1. The molecule has 0 unspecified atom stereocenters. The predicted octanol–water partition coefficient (Wildman–Crippen LogP) is 0.0489. The average molecular weight is 340 g/mol. The molecule has 1 aromatic carbocycles. The molecule has 0 spiro atoms. The molecule has 2 atom stereocenters. The molecule has 0 aromatic heterocycles. The van der Waals surface area contributed by atoms with E-state index in [1.165, 1.54) is 27.6 Å². The number of likely N-dealkylation sites (N-methyl/N-ethyl adjacent to an activating group) is 1. The van der Waals surface area contributed by atoms with Crippen molar-refractivity contribution in [3.05, 3.63) is 35.6 Å². The summed E-state index contributed by atoms with van der Waals surface area (Å²) < 4.78 is 14.0. The monoisotopic (exact) mass is 340 g/mol. The molecular formula is C16H23FN3O2S+. The maximum atomic E-state index is 14.0. The van der Waals surface area contributed by atoms with Crippen molar-refractivity contribution in [2.45, 2.75) is 17.5 Å². The van der Waals surface area contributed by atoms with Gasteiger partial charge in [-0.3, -0.25) is 9.59 Å². The Morgan fingerprint density at radius 2 is 2.09 bits per heavy atom. The Hall–Kier alpha value is -1.60. The molecule has 1 saturated heterocycles. The van der Waals surface area contributed by atoms with E-state index >= 15 is 0 Å². The number of carbonyl (C=O) groups excluding carboxylic acids is 2. The van der Waals surface area contributed by atoms with Crippen molar-refractivity contribution in [1.82, 2.24) is 10.2 Å². The van der Waals surface area contributed by atoms with Gasteiger partial charge >= 0.3 is 0 Å². The number of amides is 2. The van der Waals surface area contributed by atoms with Crippen LogP contribution < -0.4 is 10.2 Å². The number of hydrogen-bond acceptors (Lipinski definition) is 3. The third-order valence-corrected chi connectivity index (χ3v) is 5.06. The van der Waals surface area contributed by atoms with Gasteiger partial charge in [0, 0.05) is 5.56 Å². The van der Waals surface area contributed by atoms with Crippen LogP contribution in [0.1, 0.15) is 17.9 Å². The number of nitrogens with one attached hydrogen (secondary N) is 2. The normalized spacial score (nSPS) is 21.1. The van der Waals surface area contributed by atoms with E-state index in [9.17, 15) is 14.0 Å². The molecule has 1 aromatic rings. The fraction of sp³-hybridized carbons (Fsp3) is 0.500. The summed E-state index contributed by atoms with van der Waals surface area (Å²) in [7, 11) is 4.01. The van der Waals surface area contributed by atoms with E-state index in [0.29, 0.717) is 12.1 Å². The van der Waals surface area contributed by atoms with Gasteiger partial charge in [-0.25, -0.2) is 4.39 Å². The molecule has 0 bridgehead atoms. The lowest BCUT2D eigenvalue weighted by Crippen LogP contribution is -3.06. The molecule has 1 heterocycles. The lowest BCUT2D eigenvalue weighted by atomic mass is 10.2. The van der Waals surface area contributed by atoms with E-state index in [4.69, 9.17) is 0 Å². The van der Waals surface area contributed by atoms with Crippen LogP contribution in [0.4, 0.5) is 4.39 Å². The largest absolute Gasteiger partial charge is 0.349 e. The Bertz CT molecular complexity index is 582. The smallest absolute Gasteiger partial charge is 0.239 e. The Morgan fingerprint density at radius 1 is 1.39 bits per heavy atom. The topological polar surface area (TPSA) is 53.9 Å². The fourth-order valence-electron chi connectivity index (χ4n) is 2.41. The van der Waals surface area contributed by atoms with Crippen molar-refractivity contribution in [3.8, 4) is 0 Å². The second kappa shape index (κ2) is 7.79. The molecule has 0 radical (unpaired) electrons. The van der Waals surface area contributed by atoms with Crippen LogP contribution in [0.15, 0.2) is 24.3 Å². The first-order valence-electron chi connectivity index (χ1n) is 7.66. The first kappa shape index (κ1) is 17.7. The van der Waals surface area contributed by atoms with E-state index in [-0.39, 0.29) is 29.4 Å². The van der Waals surface area contributed by atoms with Crippen molar-refractivity contribution in [3.63, 3.8) is 0 Å². The summed E-state index contributed by atoms with van der Waals surface area (Å²) in [5.41, 5.74) is 0.445. The SMILES string of the molecule is C[C@@H]1S[C@@H](c2ccccc2F)N(CC(=O)NCC[NH+](C)C)C1=O. The van der Waals surface area contributed by atoms with Crippen molar-refractivity contribution < 1.29 is 18.9 Å². The second-order valence-corrected chi connectivity index (χ2v) is 7.35. The van der Waals surface area contributed by atoms with Gasteiger partial charge in [0.05, 0.1) is 32.4 Å². The van der Waals surface area contributed by atoms with Gasteiger partial charge in [0.2, 0.25) is 11.8 Å². The van der Waals surface area contributed by atoms with Gasteiger partial charge in [-0.15, -0.1) is 11.8 Å². The Kier molecular flexibility index (Phi) is 6.01. The number of quaternary nitrogens is 1. The Balaban J connectivity index is 2.06. The Labute approximate surface area is 140 Å². The Morgan fingerprint density at radius 3 is 2.74 bits per heavy atom. The van der Waals surface area contributed by atoms with Gasteiger partial charge in [-0.2, -0.15) is 0 Å². The molecule has 23 heavy (non-hydrogen) atoms. The highest BCUT2D eigenvalue weighted by Crippen LogP contribution is 2.43. The van der Waals surface area contributed by atoms with E-state index < -0.39 is 5.37 Å². The van der Waals surface area contributed by atoms with Gasteiger partial charge in [0.25, 0.3) is 0 Å². The third-order valence-electron chi connectivity index (χ3n) is 3.68. The highest BCUT2D eigenvalue weighted by Gasteiger charge is 2.40. The van der Waals surface area contributed by atoms with Gasteiger partial charge in [-0.1, -0.05) is 18.2 Å². The number of benzene rings is 1. The standard InChI is InChI=1S/C16H22FN3O2S/c1-11-15(22)20(10-14(21)18-8-9-19(2)3)16(23-11)12-6-4-5-7-13(12)17/h4-7,11,16H,8-10H2,1-3H3,(H,18,21)/p+1/t11-,16-/m0/s1. The van der Waals surface area contributed by atoms with Crippen LogP contribution >= 0.6 is 11.8 Å². The maximum Gasteiger partial charge on any atom is 0.239 e. The molecule has 0 saturated carbocycles. The van der Waals surface area contributed by atoms with E-state index in [0.717, 1.165) is 6.54 Å². The van der Waals surface area contributed by atoms with Crippen LogP contribution in [-0.2, 0) is 9.59 Å². The number of nitrogens with zero attached hydrogens (tertiary/aromatic N) is 1. The van der Waals surface area contributed by atoms with Gasteiger partial charge in [-0.05, 0) is 13.0 Å². The van der Waals surface area contributed by atoms with Crippen molar-refractivity contribution in [1.29, 1.82) is 0 Å². The van der Waals surface area contributed by atoms with Gasteiger partial charge < -0.3 is 15.1 Å². The minimum atomic E-state index is -0.455. The van der Waals surface area contributed by atoms with Crippen LogP contribution in [0.2, 0.25) is 0 Å². The zero-order valence-corrected chi connectivity index (χ0v) is 14.5. The van der Waals surface area contributed by atoms with E-state index in [1.54, 1.807) is 25.1 Å². The number of thioether (sulfide) groups is 1. The molecule has 2 amide bonds. The molecule has 0 aliphatic carbocycles. The summed E-state index contributed by atoms with van der Waals surface area (Å²) in [5, 5.41) is 2.07. The fourth-order valence-corrected chi connectivity index (χ4v) is 3.72. The molecular weight excluding hydrogens is 317 g/mol. The van der Waals surface area contributed by atoms with Crippen LogP contribution in [0.3, 0.4) is 0 Å². The second-order valence-electron chi connectivity index (χ2n) is 5.93. The maximum absolute atomic E-state index is 14.0. The zero-order chi connectivity index (χ0) is 17.0. The molecule has 1 aliphatic heterocycles. The first-order chi connectivity index (χ1) is 10.9. The molecule has 1 aliphatic rings. The number of hydrogen-bond donors (Lipinski definition) is 2. The third kappa shape index (κ3) is 4.45. The highest BCUT2D eigenvalue weighted by molar-refractivity contribution is 8.01. The molecule has 2 rings (SSSR count). The quantitative estimate of drug-likeness (QED) is 0.769. The lowest BCUT2D eigenvalue weighted by molar-refractivity contribution is -0.856. The molecule has 7 heteroatoms. The van der Waals surface area contributed by atoms with Crippen LogP contribution in [-0.4, -0.2) is 55.7 Å². The van der Waals surface area contributed by atoms with E-state index in [1.807, 2.05) is 14.1 Å². The number of carbonyl (C=O) groups is 2. The minimum Gasteiger partial charge on any atom is -0.349 e. The minimum absolute atomic E-state index is 0.0437. The zero-order valence-electron chi connectivity index (χ0n) is 13.6. The molecule has 1 fully saturated rings. The first-order valence-corrected chi connectivity index (χ1v) is 8.60. The van der Waals surface area contributed by atoms with Crippen LogP contribution in [0.25, 0.3) is 0 Å². The summed E-state index contributed by atoms with van der Waals surface area (Å²) in [6.07, 6.45) is 0. The predicted molar refractivity (Wildman–Crippen MR) is 88.6 cm³/mol. The van der Waals surface area contributed by atoms with Crippen molar-refractivity contribution in [2.75, 3.05) is 33.7 Å². The van der Waals surface area contributed by atoms with Crippen molar-refractivity contribution >= 4 is 23.6 Å². The summed E-state index contributed by atoms with van der Waals surface area (Å²) in [6, 6.07) is 6.40. The van der Waals surface area contributed by atoms with Gasteiger partial charge in [0.15, 0.2) is 0 Å². The summed E-state index contributed by atoms with van der Waals surface area (Å²) in [5.74, 6) is -0.694. The molecule has 2 N–H and O–H groups in total. The summed E-state index contributed by atoms with van der Waals surface area (Å²) in [4.78, 5) is 27.1. The van der Waals surface area contributed by atoms with Crippen molar-refractivity contribution in [2.24, 2.45) is 0 Å². The van der Waals surface area contributed by atoms with E-state index in [2.05, 4.69) is 5.32 Å². The summed E-state index contributed by atoms with van der Waals surface area (Å²) in [6.45, 7) is 3.10. The average Bonchev–Trinajstić information content (AvgIpc) is 2.75.